The van der Waals surface area contributed by atoms with E-state index in [4.69, 9.17) is 14.6 Å². The van der Waals surface area contributed by atoms with Gasteiger partial charge in [-0.05, 0) is 45.9 Å². The number of aliphatic carboxylic acids is 1. The second kappa shape index (κ2) is 8.79. The highest BCUT2D eigenvalue weighted by atomic mass is 16.5. The molecule has 0 amide bonds. The Morgan fingerprint density at radius 2 is 1.76 bits per heavy atom. The van der Waals surface area contributed by atoms with Crippen molar-refractivity contribution in [2.45, 2.75) is 39.4 Å². The fourth-order valence-corrected chi connectivity index (χ4v) is 3.89. The smallest absolute Gasteiger partial charge is 0.337 e. The molecule has 0 fully saturated rings. The molecule has 0 bridgehead atoms. The maximum atomic E-state index is 12.4. The van der Waals surface area contributed by atoms with Crippen molar-refractivity contribution in [3.63, 3.8) is 0 Å². The Balaban J connectivity index is 2.07. The Labute approximate surface area is 197 Å². The molecule has 34 heavy (non-hydrogen) atoms. The lowest BCUT2D eigenvalue weighted by Crippen LogP contribution is -2.29. The van der Waals surface area contributed by atoms with Crippen molar-refractivity contribution >= 4 is 11.6 Å². The number of carbonyl (C=O) groups is 1. The Hall–Kier alpha value is -3.91. The molecule has 2 N–H and O–H groups in total. The zero-order chi connectivity index (χ0) is 24.6. The van der Waals surface area contributed by atoms with Crippen LogP contribution in [-0.2, 0) is 9.53 Å². The Bertz CT molecular complexity index is 1360. The summed E-state index contributed by atoms with van der Waals surface area (Å²) >= 11 is 0. The van der Waals surface area contributed by atoms with Gasteiger partial charge in [0.25, 0.3) is 0 Å². The zero-order valence-electron chi connectivity index (χ0n) is 19.7. The lowest BCUT2D eigenvalue weighted by molar-refractivity contribution is -0.160. The number of rotatable bonds is 6. The standard InChI is InChI=1S/C26H27N3O5/c1-15-22(24(25(31)32)34-26(2,3)4)23(17-11-12-19(30)20(13-17)33-5)29-21(27-15)14-18(28-29)16-9-7-6-8-10-16/h6-14,24,30H,1-5H3,(H,31,32). The molecule has 0 radical (unpaired) electrons. The largest absolute Gasteiger partial charge is 0.504 e. The Kier molecular flexibility index (Phi) is 6.01. The van der Waals surface area contributed by atoms with E-state index in [0.717, 1.165) is 5.56 Å². The van der Waals surface area contributed by atoms with E-state index in [1.807, 2.05) is 36.4 Å². The van der Waals surface area contributed by atoms with Gasteiger partial charge in [-0.25, -0.2) is 14.3 Å². The maximum absolute atomic E-state index is 12.4. The van der Waals surface area contributed by atoms with Crippen molar-refractivity contribution in [1.29, 1.82) is 0 Å². The van der Waals surface area contributed by atoms with Gasteiger partial charge in [-0.2, -0.15) is 5.10 Å². The number of aryl methyl sites for hydroxylation is 1. The molecule has 0 aliphatic heterocycles. The second-order valence-electron chi connectivity index (χ2n) is 8.96. The molecule has 4 aromatic rings. The molecule has 8 nitrogen and oxygen atoms in total. The monoisotopic (exact) mass is 461 g/mol. The number of carboxylic acid groups (broad SMARTS) is 1. The van der Waals surface area contributed by atoms with Crippen LogP contribution in [-0.4, -0.2) is 43.5 Å². The van der Waals surface area contributed by atoms with E-state index >= 15 is 0 Å². The number of hydrogen-bond acceptors (Lipinski definition) is 6. The summed E-state index contributed by atoms with van der Waals surface area (Å²) in [7, 11) is 1.46. The van der Waals surface area contributed by atoms with Gasteiger partial charge in [0.05, 0.1) is 24.1 Å². The topological polar surface area (TPSA) is 106 Å². The van der Waals surface area contributed by atoms with Gasteiger partial charge in [-0.3, -0.25) is 0 Å². The van der Waals surface area contributed by atoms with Crippen molar-refractivity contribution in [3.05, 3.63) is 65.9 Å². The lowest BCUT2D eigenvalue weighted by Gasteiger charge is -2.27. The van der Waals surface area contributed by atoms with Gasteiger partial charge in [0, 0.05) is 28.5 Å². The number of nitrogens with zero attached hydrogens (tertiary/aromatic N) is 3. The highest BCUT2D eigenvalue weighted by molar-refractivity contribution is 5.81. The summed E-state index contributed by atoms with van der Waals surface area (Å²) in [6, 6.07) is 16.4. The van der Waals surface area contributed by atoms with E-state index < -0.39 is 17.7 Å². The first-order valence-corrected chi connectivity index (χ1v) is 10.8. The van der Waals surface area contributed by atoms with Crippen LogP contribution in [0.4, 0.5) is 0 Å². The number of aromatic hydroxyl groups is 1. The normalized spacial score (nSPS) is 12.6. The number of hydrogen-bond donors (Lipinski definition) is 2. The maximum Gasteiger partial charge on any atom is 0.337 e. The molecule has 4 rings (SSSR count). The van der Waals surface area contributed by atoms with E-state index in [1.54, 1.807) is 44.3 Å². The van der Waals surface area contributed by atoms with Crippen molar-refractivity contribution in [2.24, 2.45) is 0 Å². The summed E-state index contributed by atoms with van der Waals surface area (Å²) in [6.45, 7) is 7.16. The Morgan fingerprint density at radius 3 is 2.38 bits per heavy atom. The molecule has 8 heteroatoms. The van der Waals surface area contributed by atoms with E-state index in [0.29, 0.717) is 33.9 Å². The van der Waals surface area contributed by atoms with Crippen LogP contribution < -0.4 is 4.74 Å². The third-order valence-corrected chi connectivity index (χ3v) is 5.31. The van der Waals surface area contributed by atoms with Crippen LogP contribution in [0.1, 0.15) is 38.1 Å². The molecular weight excluding hydrogens is 434 g/mol. The molecule has 176 valence electrons. The van der Waals surface area contributed by atoms with Crippen LogP contribution in [0.15, 0.2) is 54.6 Å². The third-order valence-electron chi connectivity index (χ3n) is 5.31. The van der Waals surface area contributed by atoms with Gasteiger partial charge in [0.15, 0.2) is 23.3 Å². The third kappa shape index (κ3) is 4.45. The number of phenolic OH excluding ortho intramolecular Hbond substituents is 1. The summed E-state index contributed by atoms with van der Waals surface area (Å²) in [6.07, 6.45) is -1.30. The predicted molar refractivity (Wildman–Crippen MR) is 128 cm³/mol. The van der Waals surface area contributed by atoms with E-state index in [-0.39, 0.29) is 11.5 Å². The van der Waals surface area contributed by atoms with Crippen molar-refractivity contribution in [1.82, 2.24) is 14.6 Å². The number of ether oxygens (including phenoxy) is 2. The second-order valence-corrected chi connectivity index (χ2v) is 8.96. The van der Waals surface area contributed by atoms with Gasteiger partial charge >= 0.3 is 5.97 Å². The van der Waals surface area contributed by atoms with Crippen molar-refractivity contribution in [3.8, 4) is 34.0 Å². The van der Waals surface area contributed by atoms with Gasteiger partial charge in [0.1, 0.15) is 0 Å². The SMILES string of the molecule is COc1cc(-c2c(C(OC(C)(C)C)C(=O)O)c(C)nc3cc(-c4ccccc4)nn23)ccc1O. The highest BCUT2D eigenvalue weighted by Crippen LogP contribution is 2.39. The minimum Gasteiger partial charge on any atom is -0.504 e. The van der Waals surface area contributed by atoms with E-state index in [2.05, 4.69) is 4.98 Å². The molecule has 2 heterocycles. The van der Waals surface area contributed by atoms with Gasteiger partial charge in [-0.1, -0.05) is 30.3 Å². The number of benzene rings is 2. The van der Waals surface area contributed by atoms with Crippen molar-refractivity contribution < 1.29 is 24.5 Å². The fraction of sp³-hybridized carbons (Fsp3) is 0.269. The number of aromatic nitrogens is 3. The van der Waals surface area contributed by atoms with Gasteiger partial charge < -0.3 is 19.7 Å². The molecule has 0 aliphatic rings. The van der Waals surface area contributed by atoms with Gasteiger partial charge in [0.2, 0.25) is 0 Å². The minimum absolute atomic E-state index is 0.0269. The van der Waals surface area contributed by atoms with Crippen LogP contribution >= 0.6 is 0 Å². The lowest BCUT2D eigenvalue weighted by atomic mass is 9.98. The summed E-state index contributed by atoms with van der Waals surface area (Å²) in [5, 5.41) is 25.1. The van der Waals surface area contributed by atoms with Crippen LogP contribution in [0.25, 0.3) is 28.2 Å². The molecule has 0 aliphatic carbocycles. The molecule has 2 aromatic heterocycles. The number of methoxy groups -OCH3 is 1. The molecule has 0 saturated heterocycles. The van der Waals surface area contributed by atoms with Crippen LogP contribution in [0.3, 0.4) is 0 Å². The zero-order valence-corrected chi connectivity index (χ0v) is 19.7. The Morgan fingerprint density at radius 1 is 1.06 bits per heavy atom. The first-order valence-electron chi connectivity index (χ1n) is 10.8. The van der Waals surface area contributed by atoms with Crippen LogP contribution in [0, 0.1) is 6.92 Å². The quantitative estimate of drug-likeness (QED) is 0.415. The van der Waals surface area contributed by atoms with E-state index in [9.17, 15) is 15.0 Å². The summed E-state index contributed by atoms with van der Waals surface area (Å²) < 4.78 is 12.9. The molecule has 1 unspecified atom stereocenters. The molecule has 1 atom stereocenters. The highest BCUT2D eigenvalue weighted by Gasteiger charge is 2.33. The van der Waals surface area contributed by atoms with Crippen LogP contribution in [0.2, 0.25) is 0 Å². The van der Waals surface area contributed by atoms with Crippen LogP contribution in [0.5, 0.6) is 11.5 Å². The summed E-state index contributed by atoms with van der Waals surface area (Å²) in [4.78, 5) is 17.1. The molecule has 2 aromatic carbocycles. The minimum atomic E-state index is -1.30. The molecule has 0 spiro atoms. The average molecular weight is 462 g/mol. The first kappa shape index (κ1) is 23.3. The van der Waals surface area contributed by atoms with Crippen molar-refractivity contribution in [2.75, 3.05) is 7.11 Å². The average Bonchev–Trinajstić information content (AvgIpc) is 3.20. The first-order chi connectivity index (χ1) is 16.1. The summed E-state index contributed by atoms with van der Waals surface area (Å²) in [5.74, 6) is -0.910. The molecular formula is C26H27N3O5. The fourth-order valence-electron chi connectivity index (χ4n) is 3.89. The van der Waals surface area contributed by atoms with Gasteiger partial charge in [-0.15, -0.1) is 0 Å². The molecule has 0 saturated carbocycles. The summed E-state index contributed by atoms with van der Waals surface area (Å²) in [5.41, 5.74) is 3.42. The predicted octanol–water partition coefficient (Wildman–Crippen LogP) is 5.03. The number of fused-ring (bicyclic) bond motifs is 1. The van der Waals surface area contributed by atoms with E-state index in [1.165, 1.54) is 13.2 Å². The number of carboxylic acids is 1. The number of phenols is 1.